The maximum Gasteiger partial charge on any atom is 0.319 e. The number of hydrogen-bond acceptors (Lipinski definition) is 1. The van der Waals surface area contributed by atoms with Crippen LogP contribution < -0.4 is 0 Å². The lowest BCUT2D eigenvalue weighted by atomic mass is 9.93. The third-order valence-corrected chi connectivity index (χ3v) is 4.44. The summed E-state index contributed by atoms with van der Waals surface area (Å²) in [7, 11) is 0. The molecule has 0 bridgehead atoms. The molecular weight excluding hydrogens is 305 g/mol. The fraction of sp³-hybridized carbons (Fsp3) is 0.353. The molecule has 1 aromatic heterocycles. The van der Waals surface area contributed by atoms with E-state index in [1.807, 2.05) is 0 Å². The van der Waals surface area contributed by atoms with Crippen LogP contribution in [0.5, 0.6) is 0 Å². The van der Waals surface area contributed by atoms with Crippen molar-refractivity contribution in [2.24, 2.45) is 0 Å². The fourth-order valence-corrected chi connectivity index (χ4v) is 3.19. The van der Waals surface area contributed by atoms with Crippen LogP contribution in [-0.4, -0.2) is 21.9 Å². The average molecular weight is 322 g/mol. The summed E-state index contributed by atoms with van der Waals surface area (Å²) in [6, 6.07) is 7.09. The Morgan fingerprint density at radius 3 is 2.70 bits per heavy atom. The first-order valence-electron chi connectivity index (χ1n) is 7.45. The van der Waals surface area contributed by atoms with E-state index in [9.17, 15) is 18.0 Å². The predicted molar refractivity (Wildman–Crippen MR) is 80.0 cm³/mol. The van der Waals surface area contributed by atoms with Crippen LogP contribution in [0.4, 0.5) is 13.2 Å². The summed E-state index contributed by atoms with van der Waals surface area (Å²) in [6.07, 6.45) is 0.583. The zero-order valence-corrected chi connectivity index (χ0v) is 12.9. The molecule has 1 aliphatic rings. The molecule has 2 heterocycles. The monoisotopic (exact) mass is 322 g/mol. The largest absolute Gasteiger partial charge is 0.330 e. The molecule has 0 spiro atoms. The second-order valence-electron chi connectivity index (χ2n) is 5.78. The van der Waals surface area contributed by atoms with Crippen molar-refractivity contribution in [1.29, 1.82) is 0 Å². The first-order chi connectivity index (χ1) is 10.9. The zero-order chi connectivity index (χ0) is 16.7. The minimum atomic E-state index is -2.77. The molecule has 0 aliphatic carbocycles. The number of rotatable bonds is 2. The molecule has 0 saturated carbocycles. The lowest BCUT2D eigenvalue weighted by Crippen LogP contribution is -2.39. The van der Waals surface area contributed by atoms with Gasteiger partial charge >= 0.3 is 6.55 Å². The van der Waals surface area contributed by atoms with E-state index in [-0.39, 0.29) is 17.6 Å². The fourth-order valence-electron chi connectivity index (χ4n) is 3.19. The molecule has 3 nitrogen and oxygen atoms in total. The Morgan fingerprint density at radius 2 is 2.00 bits per heavy atom. The van der Waals surface area contributed by atoms with Crippen molar-refractivity contribution in [2.75, 3.05) is 6.54 Å². The first kappa shape index (κ1) is 15.6. The smallest absolute Gasteiger partial charge is 0.319 e. The van der Waals surface area contributed by atoms with Gasteiger partial charge in [-0.25, -0.2) is 4.39 Å². The van der Waals surface area contributed by atoms with Crippen molar-refractivity contribution in [3.05, 3.63) is 58.7 Å². The number of aryl methyl sites for hydroxylation is 1. The second-order valence-corrected chi connectivity index (χ2v) is 5.78. The molecule has 1 aromatic carbocycles. The van der Waals surface area contributed by atoms with Gasteiger partial charge in [0.1, 0.15) is 11.5 Å². The van der Waals surface area contributed by atoms with Gasteiger partial charge in [0.2, 0.25) is 0 Å². The van der Waals surface area contributed by atoms with Crippen molar-refractivity contribution in [1.82, 2.24) is 9.47 Å². The molecule has 0 N–H and O–H groups in total. The van der Waals surface area contributed by atoms with E-state index >= 15 is 0 Å². The van der Waals surface area contributed by atoms with E-state index < -0.39 is 12.5 Å². The van der Waals surface area contributed by atoms with Crippen LogP contribution in [0.25, 0.3) is 0 Å². The minimum Gasteiger partial charge on any atom is -0.330 e. The number of carbonyl (C=O) groups is 1. The van der Waals surface area contributed by atoms with E-state index in [0.717, 1.165) is 15.7 Å². The van der Waals surface area contributed by atoms with Gasteiger partial charge in [-0.3, -0.25) is 9.36 Å². The maximum absolute atomic E-state index is 13.5. The van der Waals surface area contributed by atoms with E-state index in [2.05, 4.69) is 0 Å². The highest BCUT2D eigenvalue weighted by Crippen LogP contribution is 2.32. The number of fused-ring (bicyclic) bond motifs is 1. The van der Waals surface area contributed by atoms with Crippen molar-refractivity contribution < 1.29 is 18.0 Å². The lowest BCUT2D eigenvalue weighted by Gasteiger charge is -2.35. The van der Waals surface area contributed by atoms with E-state index in [1.165, 1.54) is 36.1 Å². The number of benzene rings is 1. The van der Waals surface area contributed by atoms with Gasteiger partial charge in [-0.2, -0.15) is 8.78 Å². The standard InChI is InChI=1S/C17H17F3N2O/c1-10-3-6-15(22(10)17(19)20)16(23)21-8-7-12-4-5-13(18)9-14(12)11(21)2/h3-6,9,11,17H,7-8H2,1-2H3/t11-/m0/s1. The van der Waals surface area contributed by atoms with Crippen LogP contribution in [0.1, 0.15) is 46.8 Å². The Kier molecular flexibility index (Phi) is 3.92. The van der Waals surface area contributed by atoms with E-state index in [4.69, 9.17) is 0 Å². The topological polar surface area (TPSA) is 25.2 Å². The van der Waals surface area contributed by atoms with Crippen LogP contribution >= 0.6 is 0 Å². The van der Waals surface area contributed by atoms with Crippen molar-refractivity contribution in [3.63, 3.8) is 0 Å². The first-order valence-corrected chi connectivity index (χ1v) is 7.45. The molecule has 122 valence electrons. The molecular formula is C17H17F3N2O. The van der Waals surface area contributed by atoms with Gasteiger partial charge in [0.15, 0.2) is 0 Å². The Bertz CT molecular complexity index is 754. The Balaban J connectivity index is 1.96. The maximum atomic E-state index is 13.5. The highest BCUT2D eigenvalue weighted by atomic mass is 19.3. The number of amides is 1. The number of halogens is 3. The molecule has 0 radical (unpaired) electrons. The van der Waals surface area contributed by atoms with Crippen LogP contribution in [0.3, 0.4) is 0 Å². The van der Waals surface area contributed by atoms with Gasteiger partial charge in [0.05, 0.1) is 6.04 Å². The van der Waals surface area contributed by atoms with E-state index in [1.54, 1.807) is 13.0 Å². The molecule has 0 saturated heterocycles. The van der Waals surface area contributed by atoms with Crippen molar-refractivity contribution in [3.8, 4) is 0 Å². The number of aromatic nitrogens is 1. The molecule has 6 heteroatoms. The molecule has 23 heavy (non-hydrogen) atoms. The lowest BCUT2D eigenvalue weighted by molar-refractivity contribution is 0.0512. The van der Waals surface area contributed by atoms with Gasteiger partial charge in [-0.15, -0.1) is 0 Å². The normalized spacial score (nSPS) is 17.5. The zero-order valence-electron chi connectivity index (χ0n) is 12.9. The van der Waals surface area contributed by atoms with Crippen LogP contribution in [0.15, 0.2) is 30.3 Å². The Labute approximate surface area is 132 Å². The minimum absolute atomic E-state index is 0.0378. The number of hydrogen-bond donors (Lipinski definition) is 0. The summed E-state index contributed by atoms with van der Waals surface area (Å²) < 4.78 is 40.6. The average Bonchev–Trinajstić information content (AvgIpc) is 2.89. The second kappa shape index (κ2) is 5.76. The summed E-state index contributed by atoms with van der Waals surface area (Å²) in [5.41, 5.74) is 2.02. The SMILES string of the molecule is Cc1ccc(C(=O)N2CCc3ccc(F)cc3[C@@H]2C)n1C(F)F. The molecule has 1 atom stereocenters. The number of alkyl halides is 2. The van der Waals surface area contributed by atoms with Crippen LogP contribution in [0.2, 0.25) is 0 Å². The van der Waals surface area contributed by atoms with Gasteiger partial charge in [0, 0.05) is 12.2 Å². The summed E-state index contributed by atoms with van der Waals surface area (Å²) in [5.74, 6) is -0.822. The third kappa shape index (κ3) is 2.62. The molecule has 1 aliphatic heterocycles. The van der Waals surface area contributed by atoms with Gasteiger partial charge in [0.25, 0.3) is 5.91 Å². The molecule has 0 fully saturated rings. The molecule has 2 aromatic rings. The van der Waals surface area contributed by atoms with E-state index in [0.29, 0.717) is 18.7 Å². The van der Waals surface area contributed by atoms with Crippen molar-refractivity contribution >= 4 is 5.91 Å². The summed E-state index contributed by atoms with van der Waals surface area (Å²) >= 11 is 0. The predicted octanol–water partition coefficient (Wildman–Crippen LogP) is 4.09. The van der Waals surface area contributed by atoms with Gasteiger partial charge in [-0.1, -0.05) is 6.07 Å². The quantitative estimate of drug-likeness (QED) is 0.817. The van der Waals surface area contributed by atoms with Crippen molar-refractivity contribution in [2.45, 2.75) is 32.9 Å². The van der Waals surface area contributed by atoms with Gasteiger partial charge in [-0.05, 0) is 55.7 Å². The third-order valence-electron chi connectivity index (χ3n) is 4.44. The number of nitrogens with zero attached hydrogens (tertiary/aromatic N) is 2. The Hall–Kier alpha value is -2.24. The molecule has 1 amide bonds. The molecule has 0 unspecified atom stereocenters. The summed E-state index contributed by atoms with van der Waals surface area (Å²) in [6.45, 7) is 0.978. The Morgan fingerprint density at radius 1 is 1.26 bits per heavy atom. The molecule has 3 rings (SSSR count). The van der Waals surface area contributed by atoms with Crippen LogP contribution in [-0.2, 0) is 6.42 Å². The highest BCUT2D eigenvalue weighted by molar-refractivity contribution is 5.93. The van der Waals surface area contributed by atoms with Gasteiger partial charge < -0.3 is 4.90 Å². The number of carbonyl (C=O) groups excluding carboxylic acids is 1. The summed E-state index contributed by atoms with van der Waals surface area (Å²) in [5, 5.41) is 0. The van der Waals surface area contributed by atoms with Crippen LogP contribution in [0, 0.1) is 12.7 Å². The summed E-state index contributed by atoms with van der Waals surface area (Å²) in [4.78, 5) is 14.2. The highest BCUT2D eigenvalue weighted by Gasteiger charge is 2.31.